The minimum Gasteiger partial charge on any atom is -0.491 e. The summed E-state index contributed by atoms with van der Waals surface area (Å²) >= 11 is 0. The highest BCUT2D eigenvalue weighted by Gasteiger charge is 2.13. The molecule has 0 aliphatic rings. The van der Waals surface area contributed by atoms with Crippen LogP contribution in [0.3, 0.4) is 0 Å². The number of methoxy groups -OCH3 is 1. The lowest BCUT2D eigenvalue weighted by atomic mass is 10.1. The first kappa shape index (κ1) is 24.2. The normalized spacial score (nSPS) is 12.3. The topological polar surface area (TPSA) is 92.3 Å². The van der Waals surface area contributed by atoms with Gasteiger partial charge in [-0.2, -0.15) is 0 Å². The predicted octanol–water partition coefficient (Wildman–Crippen LogP) is 1.36. The number of nitrogens with one attached hydrogen (secondary N) is 2. The number of aliphatic imine (C=N–C) groups is 1. The van der Waals surface area contributed by atoms with Crippen LogP contribution in [-0.2, 0) is 21.3 Å². The number of aryl methyl sites for hydroxylation is 1. The number of benzene rings is 1. The lowest BCUT2D eigenvalue weighted by molar-refractivity contribution is 0.145. The van der Waals surface area contributed by atoms with Gasteiger partial charge >= 0.3 is 0 Å². The maximum atomic E-state index is 11.6. The van der Waals surface area contributed by atoms with Gasteiger partial charge in [-0.3, -0.25) is 4.99 Å². The van der Waals surface area contributed by atoms with Crippen molar-refractivity contribution in [3.63, 3.8) is 0 Å². The maximum absolute atomic E-state index is 11.6. The molecule has 160 valence electrons. The van der Waals surface area contributed by atoms with Crippen LogP contribution >= 0.6 is 0 Å². The van der Waals surface area contributed by atoms with Gasteiger partial charge in [-0.1, -0.05) is 19.1 Å². The fraction of sp³-hybridized carbons (Fsp3) is 0.632. The second kappa shape index (κ2) is 12.6. The molecule has 0 amide bonds. The number of rotatable bonds is 12. The van der Waals surface area contributed by atoms with Crippen LogP contribution in [0, 0.1) is 6.92 Å². The van der Waals surface area contributed by atoms with E-state index in [1.807, 2.05) is 32.0 Å². The molecule has 0 atom stereocenters. The van der Waals surface area contributed by atoms with Crippen molar-refractivity contribution in [2.45, 2.75) is 26.8 Å². The molecule has 1 rings (SSSR count). The van der Waals surface area contributed by atoms with E-state index in [-0.39, 0.29) is 0 Å². The molecule has 0 saturated heterocycles. The Morgan fingerprint density at radius 1 is 1.25 bits per heavy atom. The molecule has 0 aliphatic carbocycles. The van der Waals surface area contributed by atoms with Gasteiger partial charge in [0.1, 0.15) is 12.4 Å². The molecule has 1 aromatic rings. The van der Waals surface area contributed by atoms with Gasteiger partial charge in [0.15, 0.2) is 5.96 Å². The molecule has 0 fully saturated rings. The van der Waals surface area contributed by atoms with Gasteiger partial charge in [0.25, 0.3) is 0 Å². The largest absolute Gasteiger partial charge is 0.491 e. The van der Waals surface area contributed by atoms with Crippen LogP contribution in [-0.4, -0.2) is 71.9 Å². The van der Waals surface area contributed by atoms with E-state index in [0.717, 1.165) is 16.9 Å². The average molecular weight is 415 g/mol. The zero-order valence-corrected chi connectivity index (χ0v) is 18.4. The van der Waals surface area contributed by atoms with Crippen LogP contribution in [0.1, 0.15) is 24.5 Å². The van der Waals surface area contributed by atoms with E-state index in [1.165, 1.54) is 10.6 Å². The SMILES string of the molecule is CCN(CCCNC(=NC)NCc1ccc(C)cc1OCCOC)S(C)(=O)=O. The highest BCUT2D eigenvalue weighted by atomic mass is 32.2. The molecule has 0 aliphatic heterocycles. The van der Waals surface area contributed by atoms with E-state index in [4.69, 9.17) is 9.47 Å². The van der Waals surface area contributed by atoms with Crippen molar-refractivity contribution in [1.29, 1.82) is 0 Å². The summed E-state index contributed by atoms with van der Waals surface area (Å²) in [5, 5.41) is 6.47. The summed E-state index contributed by atoms with van der Waals surface area (Å²) < 4.78 is 35.5. The van der Waals surface area contributed by atoms with Crippen LogP contribution in [0.4, 0.5) is 0 Å². The molecular weight excluding hydrogens is 380 g/mol. The third kappa shape index (κ3) is 8.90. The quantitative estimate of drug-likeness (QED) is 0.305. The first-order valence-electron chi connectivity index (χ1n) is 9.42. The van der Waals surface area contributed by atoms with Gasteiger partial charge in [0.05, 0.1) is 12.9 Å². The third-order valence-corrected chi connectivity index (χ3v) is 5.51. The molecule has 28 heavy (non-hydrogen) atoms. The van der Waals surface area contributed by atoms with E-state index in [1.54, 1.807) is 14.2 Å². The van der Waals surface area contributed by atoms with E-state index >= 15 is 0 Å². The van der Waals surface area contributed by atoms with Gasteiger partial charge in [-0.25, -0.2) is 12.7 Å². The summed E-state index contributed by atoms with van der Waals surface area (Å²) in [5.41, 5.74) is 2.16. The molecule has 0 spiro atoms. The fourth-order valence-corrected chi connectivity index (χ4v) is 3.53. The number of guanidine groups is 1. The first-order valence-corrected chi connectivity index (χ1v) is 11.3. The van der Waals surface area contributed by atoms with Gasteiger partial charge < -0.3 is 20.1 Å². The van der Waals surface area contributed by atoms with Gasteiger partial charge in [-0.15, -0.1) is 0 Å². The minimum absolute atomic E-state index is 0.477. The smallest absolute Gasteiger partial charge is 0.211 e. The van der Waals surface area contributed by atoms with Gasteiger partial charge in [0, 0.05) is 45.9 Å². The predicted molar refractivity (Wildman–Crippen MR) is 113 cm³/mol. The molecule has 0 aromatic heterocycles. The minimum atomic E-state index is -3.15. The summed E-state index contributed by atoms with van der Waals surface area (Å²) in [6.07, 6.45) is 1.93. The Morgan fingerprint density at radius 2 is 2.00 bits per heavy atom. The Kier molecular flexibility index (Phi) is 10.9. The summed E-state index contributed by atoms with van der Waals surface area (Å²) in [4.78, 5) is 4.21. The molecular formula is C19H34N4O4S. The zero-order chi connectivity index (χ0) is 21.0. The molecule has 9 heteroatoms. The number of ether oxygens (including phenoxy) is 2. The molecule has 0 bridgehead atoms. The van der Waals surface area contributed by atoms with Crippen molar-refractivity contribution in [2.75, 3.05) is 53.3 Å². The Balaban J connectivity index is 2.52. The van der Waals surface area contributed by atoms with Crippen LogP contribution in [0.5, 0.6) is 5.75 Å². The second-order valence-corrected chi connectivity index (χ2v) is 8.40. The Labute approximate surface area is 169 Å². The monoisotopic (exact) mass is 414 g/mol. The first-order chi connectivity index (χ1) is 13.3. The van der Waals surface area contributed by atoms with Crippen LogP contribution in [0.15, 0.2) is 23.2 Å². The molecule has 0 radical (unpaired) electrons. The molecule has 2 N–H and O–H groups in total. The van der Waals surface area contributed by atoms with Crippen molar-refractivity contribution in [1.82, 2.24) is 14.9 Å². The average Bonchev–Trinajstić information content (AvgIpc) is 2.64. The van der Waals surface area contributed by atoms with Crippen molar-refractivity contribution < 1.29 is 17.9 Å². The molecule has 1 aromatic carbocycles. The molecule has 8 nitrogen and oxygen atoms in total. The fourth-order valence-electron chi connectivity index (χ4n) is 2.60. The standard InChI is InChI=1S/C19H34N4O4S/c1-6-23(28(5,24)25)11-7-10-21-19(20-3)22-15-17-9-8-16(2)14-18(17)27-13-12-26-4/h8-9,14H,6-7,10-13,15H2,1-5H3,(H2,20,21,22). The van der Waals surface area contributed by atoms with Crippen molar-refractivity contribution in [3.8, 4) is 5.75 Å². The summed E-state index contributed by atoms with van der Waals surface area (Å²) in [6.45, 7) is 7.03. The highest BCUT2D eigenvalue weighted by Crippen LogP contribution is 2.20. The van der Waals surface area contributed by atoms with E-state index in [2.05, 4.69) is 15.6 Å². The van der Waals surface area contributed by atoms with E-state index in [9.17, 15) is 8.42 Å². The van der Waals surface area contributed by atoms with Crippen molar-refractivity contribution in [3.05, 3.63) is 29.3 Å². The van der Waals surface area contributed by atoms with Crippen molar-refractivity contribution in [2.24, 2.45) is 4.99 Å². The lowest BCUT2D eigenvalue weighted by Crippen LogP contribution is -2.39. The molecule has 0 saturated carbocycles. The Morgan fingerprint density at radius 3 is 2.61 bits per heavy atom. The van der Waals surface area contributed by atoms with Crippen LogP contribution < -0.4 is 15.4 Å². The van der Waals surface area contributed by atoms with E-state index < -0.39 is 10.0 Å². The lowest BCUT2D eigenvalue weighted by Gasteiger charge is -2.18. The van der Waals surface area contributed by atoms with Gasteiger partial charge in [0.2, 0.25) is 10.0 Å². The maximum Gasteiger partial charge on any atom is 0.211 e. The highest BCUT2D eigenvalue weighted by molar-refractivity contribution is 7.88. The summed E-state index contributed by atoms with van der Waals surface area (Å²) in [7, 11) is 0.201. The Bertz CT molecular complexity index is 723. The zero-order valence-electron chi connectivity index (χ0n) is 17.6. The number of hydrogen-bond donors (Lipinski definition) is 2. The molecule has 0 heterocycles. The summed E-state index contributed by atoms with van der Waals surface area (Å²) in [5.74, 6) is 1.48. The van der Waals surface area contributed by atoms with Crippen molar-refractivity contribution >= 4 is 16.0 Å². The summed E-state index contributed by atoms with van der Waals surface area (Å²) in [6, 6.07) is 6.08. The number of hydrogen-bond acceptors (Lipinski definition) is 5. The number of nitrogens with zero attached hydrogens (tertiary/aromatic N) is 2. The number of sulfonamides is 1. The molecule has 0 unspecified atom stereocenters. The van der Waals surface area contributed by atoms with E-state index in [0.29, 0.717) is 51.8 Å². The second-order valence-electron chi connectivity index (χ2n) is 6.41. The Hall–Kier alpha value is -1.84. The van der Waals surface area contributed by atoms with Gasteiger partial charge in [-0.05, 0) is 25.0 Å². The third-order valence-electron chi connectivity index (χ3n) is 4.14. The van der Waals surface area contributed by atoms with Crippen LogP contribution in [0.2, 0.25) is 0 Å². The van der Waals surface area contributed by atoms with Crippen LogP contribution in [0.25, 0.3) is 0 Å².